The van der Waals surface area contributed by atoms with E-state index in [2.05, 4.69) is 27.7 Å². The lowest BCUT2D eigenvalue weighted by Gasteiger charge is -2.09. The van der Waals surface area contributed by atoms with Crippen LogP contribution in [-0.2, 0) is 0 Å². The normalized spacial score (nSPS) is 11.4. The summed E-state index contributed by atoms with van der Waals surface area (Å²) in [6.07, 6.45) is 8.68. The Balaban J connectivity index is 2.62. The van der Waals surface area contributed by atoms with Crippen LogP contribution in [0.15, 0.2) is 53.9 Å². The van der Waals surface area contributed by atoms with E-state index in [9.17, 15) is 5.26 Å². The molecule has 0 aromatic carbocycles. The van der Waals surface area contributed by atoms with Crippen molar-refractivity contribution in [3.8, 4) is 17.2 Å². The number of rotatable bonds is 4. The van der Waals surface area contributed by atoms with Crippen molar-refractivity contribution >= 4 is 24.5 Å². The first-order chi connectivity index (χ1) is 10.7. The monoisotopic (exact) mass is 306 g/mol. The Kier molecular flexibility index (Phi) is 5.12. The highest BCUT2D eigenvalue weighted by Crippen LogP contribution is 2.26. The smallest absolute Gasteiger partial charge is 0.122 e. The van der Waals surface area contributed by atoms with Gasteiger partial charge < -0.3 is 4.98 Å². The number of H-pyrrole nitrogens is 1. The van der Waals surface area contributed by atoms with Gasteiger partial charge in [-0.05, 0) is 49.1 Å². The maximum Gasteiger partial charge on any atom is 0.122 e. The van der Waals surface area contributed by atoms with Gasteiger partial charge >= 0.3 is 0 Å². The summed E-state index contributed by atoms with van der Waals surface area (Å²) in [6.45, 7) is 5.34. The van der Waals surface area contributed by atoms with Crippen molar-refractivity contribution in [2.24, 2.45) is 4.99 Å². The highest BCUT2D eigenvalue weighted by Gasteiger charge is 2.09. The van der Waals surface area contributed by atoms with Crippen molar-refractivity contribution in [2.75, 3.05) is 0 Å². The fourth-order valence-corrected chi connectivity index (χ4v) is 2.25. The molecule has 0 saturated carbocycles. The molecule has 0 atom stereocenters. The molecule has 0 aliphatic heterocycles. The largest absolute Gasteiger partial charge is 0.345 e. The SMILES string of the molecule is C=N/C=C\C=C(/C)c1cc(-c2ccncc2)c(C#N)c(=S)[nH]1. The van der Waals surface area contributed by atoms with Crippen LogP contribution in [0.2, 0.25) is 0 Å². The fraction of sp³-hybridized carbons (Fsp3) is 0.0588. The van der Waals surface area contributed by atoms with Gasteiger partial charge in [-0.25, -0.2) is 0 Å². The Labute approximate surface area is 134 Å². The molecule has 2 aromatic heterocycles. The van der Waals surface area contributed by atoms with E-state index in [0.717, 1.165) is 22.4 Å². The summed E-state index contributed by atoms with van der Waals surface area (Å²) in [4.78, 5) is 10.8. The molecule has 0 spiro atoms. The molecule has 0 amide bonds. The minimum absolute atomic E-state index is 0.422. The second-order valence-corrected chi connectivity index (χ2v) is 4.93. The molecule has 2 heterocycles. The van der Waals surface area contributed by atoms with E-state index in [1.807, 2.05) is 31.2 Å². The van der Waals surface area contributed by atoms with Crippen molar-refractivity contribution < 1.29 is 0 Å². The van der Waals surface area contributed by atoms with E-state index in [1.165, 1.54) is 0 Å². The number of aromatic amines is 1. The maximum atomic E-state index is 9.37. The third-order valence-corrected chi connectivity index (χ3v) is 3.41. The summed E-state index contributed by atoms with van der Waals surface area (Å²) in [5.74, 6) is 0. The van der Waals surface area contributed by atoms with Gasteiger partial charge in [0.2, 0.25) is 0 Å². The molecule has 0 aliphatic carbocycles. The molecule has 2 aromatic rings. The lowest BCUT2D eigenvalue weighted by molar-refractivity contribution is 1.22. The van der Waals surface area contributed by atoms with Crippen LogP contribution >= 0.6 is 12.2 Å². The summed E-state index contributed by atoms with van der Waals surface area (Å²) in [5, 5.41) is 9.37. The fourth-order valence-electron chi connectivity index (χ4n) is 1.98. The van der Waals surface area contributed by atoms with Crippen molar-refractivity contribution in [3.05, 3.63) is 64.8 Å². The molecule has 0 aliphatic rings. The molecule has 0 bridgehead atoms. The second-order valence-electron chi connectivity index (χ2n) is 4.52. The molecule has 0 radical (unpaired) electrons. The van der Waals surface area contributed by atoms with E-state index in [-0.39, 0.29) is 0 Å². The van der Waals surface area contributed by atoms with Gasteiger partial charge in [-0.15, -0.1) is 0 Å². The highest BCUT2D eigenvalue weighted by molar-refractivity contribution is 7.71. The number of allylic oxidation sites excluding steroid dienone is 3. The summed E-state index contributed by atoms with van der Waals surface area (Å²) >= 11 is 5.31. The summed E-state index contributed by atoms with van der Waals surface area (Å²) < 4.78 is 0.422. The molecule has 22 heavy (non-hydrogen) atoms. The van der Waals surface area contributed by atoms with E-state index in [0.29, 0.717) is 10.2 Å². The quantitative estimate of drug-likeness (QED) is 0.520. The molecule has 0 fully saturated rings. The van der Waals surface area contributed by atoms with Crippen molar-refractivity contribution in [3.63, 3.8) is 0 Å². The molecule has 108 valence electrons. The van der Waals surface area contributed by atoms with Crippen LogP contribution in [0.4, 0.5) is 0 Å². The van der Waals surface area contributed by atoms with Gasteiger partial charge in [-0.2, -0.15) is 5.26 Å². The molecular formula is C17H14N4S. The van der Waals surface area contributed by atoms with Crippen LogP contribution in [0.5, 0.6) is 0 Å². The Bertz CT molecular complexity index is 839. The van der Waals surface area contributed by atoms with Crippen molar-refractivity contribution in [1.82, 2.24) is 9.97 Å². The Morgan fingerprint density at radius 1 is 1.45 bits per heavy atom. The molecule has 4 nitrogen and oxygen atoms in total. The average molecular weight is 306 g/mol. The lowest BCUT2D eigenvalue weighted by Crippen LogP contribution is -1.94. The Hall–Kier alpha value is -2.84. The van der Waals surface area contributed by atoms with Crippen LogP contribution in [0.25, 0.3) is 16.7 Å². The first-order valence-electron chi connectivity index (χ1n) is 6.55. The third-order valence-electron chi connectivity index (χ3n) is 3.10. The predicted molar refractivity (Wildman–Crippen MR) is 91.9 cm³/mol. The lowest BCUT2D eigenvalue weighted by atomic mass is 10.0. The number of nitrogens with zero attached hydrogens (tertiary/aromatic N) is 3. The summed E-state index contributed by atoms with van der Waals surface area (Å²) in [5.41, 5.74) is 3.99. The number of nitriles is 1. The van der Waals surface area contributed by atoms with Gasteiger partial charge in [-0.1, -0.05) is 18.3 Å². The van der Waals surface area contributed by atoms with Gasteiger partial charge in [0.25, 0.3) is 0 Å². The third kappa shape index (κ3) is 3.43. The first-order valence-corrected chi connectivity index (χ1v) is 6.95. The van der Waals surface area contributed by atoms with E-state index in [1.54, 1.807) is 24.7 Å². The van der Waals surface area contributed by atoms with E-state index in [4.69, 9.17) is 12.2 Å². The van der Waals surface area contributed by atoms with Crippen molar-refractivity contribution in [2.45, 2.75) is 6.92 Å². The molecule has 0 saturated heterocycles. The van der Waals surface area contributed by atoms with Gasteiger partial charge in [0.15, 0.2) is 0 Å². The standard InChI is InChI=1S/C17H14N4S/c1-12(4-3-7-19-2)16-10-14(13-5-8-20-9-6-13)15(11-18)17(22)21-16/h3-10H,2H2,1H3,(H,21,22)/b7-3-,12-4+. The Morgan fingerprint density at radius 2 is 2.18 bits per heavy atom. The van der Waals surface area contributed by atoms with E-state index < -0.39 is 0 Å². The second kappa shape index (κ2) is 7.25. The maximum absolute atomic E-state index is 9.37. The zero-order valence-corrected chi connectivity index (χ0v) is 12.9. The molecule has 2 rings (SSSR count). The first kappa shape index (κ1) is 15.5. The summed E-state index contributed by atoms with van der Waals surface area (Å²) in [7, 11) is 0. The molecule has 0 unspecified atom stereocenters. The van der Waals surface area contributed by atoms with Crippen molar-refractivity contribution in [1.29, 1.82) is 5.26 Å². The highest BCUT2D eigenvalue weighted by atomic mass is 32.1. The molecule has 5 heteroatoms. The summed E-state index contributed by atoms with van der Waals surface area (Å²) in [6, 6.07) is 7.80. The average Bonchev–Trinajstić information content (AvgIpc) is 2.55. The predicted octanol–water partition coefficient (Wildman–Crippen LogP) is 4.30. The minimum Gasteiger partial charge on any atom is -0.345 e. The Morgan fingerprint density at radius 3 is 2.82 bits per heavy atom. The zero-order valence-electron chi connectivity index (χ0n) is 12.1. The van der Waals surface area contributed by atoms with Gasteiger partial charge in [0.05, 0.1) is 5.56 Å². The topological polar surface area (TPSA) is 64.8 Å². The van der Waals surface area contributed by atoms with Gasteiger partial charge in [-0.3, -0.25) is 9.98 Å². The van der Waals surface area contributed by atoms with Gasteiger partial charge in [0, 0.05) is 29.9 Å². The van der Waals surface area contributed by atoms with Gasteiger partial charge in [0.1, 0.15) is 10.7 Å². The van der Waals surface area contributed by atoms with Crippen LogP contribution in [0, 0.1) is 16.0 Å². The number of pyridine rings is 2. The number of hydrogen-bond acceptors (Lipinski definition) is 4. The van der Waals surface area contributed by atoms with E-state index >= 15 is 0 Å². The number of aromatic nitrogens is 2. The number of aliphatic imine (C=N–C) groups is 1. The van der Waals surface area contributed by atoms with Crippen LogP contribution in [0.1, 0.15) is 18.2 Å². The number of hydrogen-bond donors (Lipinski definition) is 1. The minimum atomic E-state index is 0.422. The van der Waals surface area contributed by atoms with Crippen LogP contribution in [-0.4, -0.2) is 16.7 Å². The van der Waals surface area contributed by atoms with Crippen LogP contribution < -0.4 is 0 Å². The zero-order chi connectivity index (χ0) is 15.9. The van der Waals surface area contributed by atoms with Crippen LogP contribution in [0.3, 0.4) is 0 Å². The molecule has 1 N–H and O–H groups in total. The number of nitrogens with one attached hydrogen (secondary N) is 1. The molecular weight excluding hydrogens is 292 g/mol.